The largest absolute Gasteiger partial charge is 0.360 e. The maximum absolute atomic E-state index is 12.4. The first-order chi connectivity index (χ1) is 10.4. The van der Waals surface area contributed by atoms with Gasteiger partial charge in [-0.15, -0.1) is 0 Å². The zero-order chi connectivity index (χ0) is 16.3. The van der Waals surface area contributed by atoms with E-state index in [0.29, 0.717) is 11.4 Å². The number of hydrogen-bond donors (Lipinski definition) is 1. The molecule has 0 aliphatic carbocycles. The summed E-state index contributed by atoms with van der Waals surface area (Å²) in [6, 6.07) is 3.48. The highest BCUT2D eigenvalue weighted by atomic mass is 32.2. The molecular formula is C14H20N4O3S. The van der Waals surface area contributed by atoms with Crippen molar-refractivity contribution >= 4 is 21.5 Å². The summed E-state index contributed by atoms with van der Waals surface area (Å²) < 4.78 is 32.2. The zero-order valence-electron chi connectivity index (χ0n) is 13.1. The molecule has 0 aliphatic rings. The standard InChI is InChI=1S/C14H20N4O3S/c1-5-18(6-2)13-8-7-12(9-15-13)17-22(19,20)14-10(3)16-21-11(14)4/h7-9,17H,5-6H2,1-4H3. The van der Waals surface area contributed by atoms with Crippen LogP contribution < -0.4 is 9.62 Å². The summed E-state index contributed by atoms with van der Waals surface area (Å²) in [6.07, 6.45) is 1.50. The van der Waals surface area contributed by atoms with Crippen molar-refractivity contribution < 1.29 is 12.9 Å². The van der Waals surface area contributed by atoms with E-state index >= 15 is 0 Å². The van der Waals surface area contributed by atoms with Gasteiger partial charge in [0.25, 0.3) is 10.0 Å². The van der Waals surface area contributed by atoms with Gasteiger partial charge in [0, 0.05) is 13.1 Å². The molecule has 8 heteroatoms. The van der Waals surface area contributed by atoms with Crippen LogP contribution in [0.15, 0.2) is 27.7 Å². The molecule has 1 N–H and O–H groups in total. The number of nitrogens with one attached hydrogen (secondary N) is 1. The molecule has 0 aromatic carbocycles. The van der Waals surface area contributed by atoms with Crippen molar-refractivity contribution in [1.82, 2.24) is 10.1 Å². The molecule has 0 spiro atoms. The molecule has 120 valence electrons. The van der Waals surface area contributed by atoms with Crippen LogP contribution in [0, 0.1) is 13.8 Å². The van der Waals surface area contributed by atoms with Gasteiger partial charge >= 0.3 is 0 Å². The topological polar surface area (TPSA) is 88.3 Å². The quantitative estimate of drug-likeness (QED) is 0.877. The Balaban J connectivity index is 2.24. The molecule has 2 aromatic rings. The molecule has 0 saturated carbocycles. The van der Waals surface area contributed by atoms with Gasteiger partial charge in [0.05, 0.1) is 11.9 Å². The first-order valence-electron chi connectivity index (χ1n) is 7.05. The summed E-state index contributed by atoms with van der Waals surface area (Å²) >= 11 is 0. The SMILES string of the molecule is CCN(CC)c1ccc(NS(=O)(=O)c2c(C)noc2C)cn1. The van der Waals surface area contributed by atoms with Crippen LogP contribution in [0.5, 0.6) is 0 Å². The summed E-state index contributed by atoms with van der Waals surface area (Å²) in [7, 11) is -3.74. The van der Waals surface area contributed by atoms with Crippen LogP contribution in [0.3, 0.4) is 0 Å². The van der Waals surface area contributed by atoms with E-state index in [2.05, 4.69) is 19.8 Å². The average Bonchev–Trinajstić information content (AvgIpc) is 2.81. The van der Waals surface area contributed by atoms with E-state index in [0.717, 1.165) is 18.9 Å². The predicted octanol–water partition coefficient (Wildman–Crippen LogP) is 2.33. The van der Waals surface area contributed by atoms with E-state index in [9.17, 15) is 8.42 Å². The number of sulfonamides is 1. The van der Waals surface area contributed by atoms with Gasteiger partial charge in [-0.3, -0.25) is 4.72 Å². The third-order valence-corrected chi connectivity index (χ3v) is 4.95. The Kier molecular flexibility index (Phi) is 4.70. The van der Waals surface area contributed by atoms with E-state index in [-0.39, 0.29) is 10.7 Å². The Morgan fingerprint density at radius 2 is 1.91 bits per heavy atom. The van der Waals surface area contributed by atoms with Gasteiger partial charge in [0.15, 0.2) is 10.7 Å². The fourth-order valence-electron chi connectivity index (χ4n) is 2.25. The van der Waals surface area contributed by atoms with Crippen LogP contribution in [-0.2, 0) is 10.0 Å². The van der Waals surface area contributed by atoms with Crippen LogP contribution in [0.4, 0.5) is 11.5 Å². The van der Waals surface area contributed by atoms with Crippen molar-refractivity contribution in [3.8, 4) is 0 Å². The molecular weight excluding hydrogens is 304 g/mol. The van der Waals surface area contributed by atoms with Crippen LogP contribution in [0.25, 0.3) is 0 Å². The second-order valence-electron chi connectivity index (χ2n) is 4.84. The van der Waals surface area contributed by atoms with E-state index in [1.54, 1.807) is 26.0 Å². The van der Waals surface area contributed by atoms with Crippen LogP contribution in [0.1, 0.15) is 25.3 Å². The number of aromatic nitrogens is 2. The van der Waals surface area contributed by atoms with Gasteiger partial charge in [-0.05, 0) is 39.8 Å². The first-order valence-corrected chi connectivity index (χ1v) is 8.54. The summed E-state index contributed by atoms with van der Waals surface area (Å²) in [5.41, 5.74) is 0.730. The van der Waals surface area contributed by atoms with Gasteiger partial charge in [-0.1, -0.05) is 5.16 Å². The van der Waals surface area contributed by atoms with Gasteiger partial charge in [0.1, 0.15) is 11.5 Å². The number of rotatable bonds is 6. The molecule has 0 aliphatic heterocycles. The Bertz CT molecular complexity index is 714. The van der Waals surface area contributed by atoms with Crippen molar-refractivity contribution in [3.05, 3.63) is 29.8 Å². The van der Waals surface area contributed by atoms with Crippen molar-refractivity contribution in [2.75, 3.05) is 22.7 Å². The Morgan fingerprint density at radius 3 is 2.36 bits per heavy atom. The third kappa shape index (κ3) is 3.22. The average molecular weight is 324 g/mol. The maximum Gasteiger partial charge on any atom is 0.267 e. The molecule has 0 amide bonds. The minimum atomic E-state index is -3.74. The number of nitrogens with zero attached hydrogens (tertiary/aromatic N) is 3. The molecule has 7 nitrogen and oxygen atoms in total. The lowest BCUT2D eigenvalue weighted by molar-refractivity contribution is 0.390. The Hall–Kier alpha value is -2.09. The number of anilines is 2. The normalized spacial score (nSPS) is 11.5. The van der Waals surface area contributed by atoms with Crippen LogP contribution in [-0.4, -0.2) is 31.6 Å². The highest BCUT2D eigenvalue weighted by Crippen LogP contribution is 2.22. The maximum atomic E-state index is 12.4. The number of pyridine rings is 1. The van der Waals surface area contributed by atoms with Gasteiger partial charge in [-0.25, -0.2) is 13.4 Å². The van der Waals surface area contributed by atoms with E-state index in [4.69, 9.17) is 4.52 Å². The molecule has 0 radical (unpaired) electrons. The lowest BCUT2D eigenvalue weighted by Crippen LogP contribution is -2.23. The minimum Gasteiger partial charge on any atom is -0.360 e. The van der Waals surface area contributed by atoms with Gasteiger partial charge in [-0.2, -0.15) is 0 Å². The molecule has 0 unspecified atom stereocenters. The molecule has 2 aromatic heterocycles. The number of hydrogen-bond acceptors (Lipinski definition) is 6. The monoisotopic (exact) mass is 324 g/mol. The van der Waals surface area contributed by atoms with Crippen molar-refractivity contribution in [3.63, 3.8) is 0 Å². The molecule has 22 heavy (non-hydrogen) atoms. The molecule has 0 fully saturated rings. The molecule has 0 bridgehead atoms. The summed E-state index contributed by atoms with van der Waals surface area (Å²) in [6.45, 7) is 8.92. The van der Waals surface area contributed by atoms with Gasteiger partial charge in [0.2, 0.25) is 0 Å². The third-order valence-electron chi connectivity index (χ3n) is 3.32. The lowest BCUT2D eigenvalue weighted by Gasteiger charge is -2.19. The summed E-state index contributed by atoms with van der Waals surface area (Å²) in [5.74, 6) is 1.07. The highest BCUT2D eigenvalue weighted by molar-refractivity contribution is 7.92. The highest BCUT2D eigenvalue weighted by Gasteiger charge is 2.24. The fraction of sp³-hybridized carbons (Fsp3) is 0.429. The lowest BCUT2D eigenvalue weighted by atomic mass is 10.4. The van der Waals surface area contributed by atoms with Gasteiger partial charge < -0.3 is 9.42 Å². The second kappa shape index (κ2) is 6.35. The minimum absolute atomic E-state index is 0.0697. The van der Waals surface area contributed by atoms with Crippen molar-refractivity contribution in [2.24, 2.45) is 0 Å². The molecule has 0 atom stereocenters. The number of aryl methyl sites for hydroxylation is 2. The fourth-order valence-corrected chi connectivity index (χ4v) is 3.62. The van der Waals surface area contributed by atoms with E-state index in [1.807, 2.05) is 13.8 Å². The van der Waals surface area contributed by atoms with E-state index in [1.165, 1.54) is 6.20 Å². The second-order valence-corrected chi connectivity index (χ2v) is 6.46. The molecule has 2 heterocycles. The van der Waals surface area contributed by atoms with E-state index < -0.39 is 10.0 Å². The predicted molar refractivity (Wildman–Crippen MR) is 84.6 cm³/mol. The van der Waals surface area contributed by atoms with Crippen molar-refractivity contribution in [2.45, 2.75) is 32.6 Å². The Morgan fingerprint density at radius 1 is 1.23 bits per heavy atom. The smallest absolute Gasteiger partial charge is 0.267 e. The molecule has 2 rings (SSSR count). The molecule has 0 saturated heterocycles. The van der Waals surface area contributed by atoms with Crippen LogP contribution >= 0.6 is 0 Å². The zero-order valence-corrected chi connectivity index (χ0v) is 13.9. The Labute approximate surface area is 130 Å². The summed E-state index contributed by atoms with van der Waals surface area (Å²) in [4.78, 5) is 6.44. The summed E-state index contributed by atoms with van der Waals surface area (Å²) in [5, 5.41) is 3.67. The van der Waals surface area contributed by atoms with Crippen molar-refractivity contribution in [1.29, 1.82) is 0 Å². The van der Waals surface area contributed by atoms with Crippen LogP contribution in [0.2, 0.25) is 0 Å². The first kappa shape index (κ1) is 16.3.